The van der Waals surface area contributed by atoms with Gasteiger partial charge < -0.3 is 11.1 Å². The zero-order valence-electron chi connectivity index (χ0n) is 5.26. The fraction of sp³-hybridized carbons (Fsp3) is 0.600. The van der Waals surface area contributed by atoms with E-state index in [-0.39, 0.29) is 5.92 Å². The van der Waals surface area contributed by atoms with E-state index in [1.54, 1.807) is 0 Å². The maximum absolute atomic E-state index is 9.74. The molecule has 0 radical (unpaired) electrons. The van der Waals surface area contributed by atoms with Crippen molar-refractivity contribution in [2.24, 2.45) is 11.7 Å². The van der Waals surface area contributed by atoms with Gasteiger partial charge in [-0.3, -0.25) is 4.79 Å². The number of carbonyl (C=O) groups is 1. The minimum atomic E-state index is 0.0881. The number of hydrogen-bond donors (Lipinski definition) is 2. The molecule has 3 nitrogen and oxygen atoms in total. The van der Waals surface area contributed by atoms with Crippen LogP contribution in [0.15, 0.2) is 0 Å². The first kappa shape index (κ1) is 8.36. The fourth-order valence-electron chi connectivity index (χ4n) is 0.325. The Morgan fingerprint density at radius 3 is 2.89 bits per heavy atom. The van der Waals surface area contributed by atoms with Crippen LogP contribution in [0.3, 0.4) is 0 Å². The van der Waals surface area contributed by atoms with Crippen LogP contribution in [-0.2, 0) is 4.79 Å². The molecular formula is C5H10N2OS. The molecule has 1 unspecified atom stereocenters. The van der Waals surface area contributed by atoms with Gasteiger partial charge in [-0.1, -0.05) is 19.1 Å². The molecule has 0 aromatic rings. The van der Waals surface area contributed by atoms with E-state index in [2.05, 4.69) is 17.5 Å². The topological polar surface area (TPSA) is 55.1 Å². The summed E-state index contributed by atoms with van der Waals surface area (Å²) in [5, 5.41) is 2.48. The van der Waals surface area contributed by atoms with Gasteiger partial charge in [0.25, 0.3) is 0 Å². The van der Waals surface area contributed by atoms with Gasteiger partial charge >= 0.3 is 0 Å². The second-order valence-corrected chi connectivity index (χ2v) is 2.30. The summed E-state index contributed by atoms with van der Waals surface area (Å²) in [5.41, 5.74) is 5.25. The molecule has 0 saturated heterocycles. The van der Waals surface area contributed by atoms with Crippen LogP contribution in [0.25, 0.3) is 0 Å². The minimum absolute atomic E-state index is 0.0881. The van der Waals surface area contributed by atoms with Crippen molar-refractivity contribution in [3.05, 3.63) is 0 Å². The summed E-state index contributed by atoms with van der Waals surface area (Å²) in [6, 6.07) is 0. The molecule has 0 aliphatic heterocycles. The molecule has 0 aromatic carbocycles. The molecule has 0 aromatic heterocycles. The zero-order chi connectivity index (χ0) is 7.28. The van der Waals surface area contributed by atoms with E-state index in [1.165, 1.54) is 0 Å². The van der Waals surface area contributed by atoms with Gasteiger partial charge in [0.05, 0.1) is 4.99 Å². The lowest BCUT2D eigenvalue weighted by Crippen LogP contribution is -2.28. The van der Waals surface area contributed by atoms with Crippen LogP contribution in [0.4, 0.5) is 0 Å². The Bertz CT molecular complexity index is 116. The minimum Gasteiger partial charge on any atom is -0.393 e. The highest BCUT2D eigenvalue weighted by molar-refractivity contribution is 7.80. The van der Waals surface area contributed by atoms with Gasteiger partial charge in [-0.15, -0.1) is 0 Å². The van der Waals surface area contributed by atoms with Gasteiger partial charge in [0.15, 0.2) is 0 Å². The van der Waals surface area contributed by atoms with Crippen molar-refractivity contribution in [1.82, 2.24) is 5.32 Å². The maximum atomic E-state index is 9.74. The lowest BCUT2D eigenvalue weighted by Gasteiger charge is -2.06. The zero-order valence-corrected chi connectivity index (χ0v) is 6.07. The van der Waals surface area contributed by atoms with E-state index in [9.17, 15) is 4.79 Å². The van der Waals surface area contributed by atoms with Gasteiger partial charge in [-0.05, 0) is 0 Å². The molecule has 0 aliphatic rings. The highest BCUT2D eigenvalue weighted by Crippen LogP contribution is 1.90. The van der Waals surface area contributed by atoms with Crippen LogP contribution in [0.2, 0.25) is 0 Å². The van der Waals surface area contributed by atoms with Crippen molar-refractivity contribution in [3.8, 4) is 0 Å². The summed E-state index contributed by atoms with van der Waals surface area (Å²) in [4.78, 5) is 10.2. The van der Waals surface area contributed by atoms with E-state index >= 15 is 0 Å². The highest BCUT2D eigenvalue weighted by Gasteiger charge is 2.01. The Kier molecular flexibility index (Phi) is 3.96. The summed E-state index contributed by atoms with van der Waals surface area (Å²) in [6.45, 7) is 2.39. The third kappa shape index (κ3) is 3.90. The molecule has 0 bridgehead atoms. The summed E-state index contributed by atoms with van der Waals surface area (Å²) < 4.78 is 0. The second kappa shape index (κ2) is 4.26. The first-order chi connectivity index (χ1) is 4.18. The number of carbonyl (C=O) groups excluding carboxylic acids is 1. The number of rotatable bonds is 4. The van der Waals surface area contributed by atoms with Crippen molar-refractivity contribution < 1.29 is 4.79 Å². The lowest BCUT2D eigenvalue weighted by molar-refractivity contribution is -0.109. The molecule has 0 rings (SSSR count). The van der Waals surface area contributed by atoms with Gasteiger partial charge in [-0.2, -0.15) is 0 Å². The monoisotopic (exact) mass is 146 g/mol. The number of amides is 1. The Morgan fingerprint density at radius 1 is 2.00 bits per heavy atom. The smallest absolute Gasteiger partial charge is 0.207 e. The normalized spacial score (nSPS) is 12.1. The molecule has 0 fully saturated rings. The molecule has 0 saturated carbocycles. The van der Waals surface area contributed by atoms with Crippen molar-refractivity contribution in [1.29, 1.82) is 0 Å². The molecular weight excluding hydrogens is 136 g/mol. The highest BCUT2D eigenvalue weighted by atomic mass is 32.1. The standard InChI is InChI=1S/C5H10N2OS/c1-4(5(6)9)2-7-3-8/h3-4H,2H2,1H3,(H2,6,9)(H,7,8). The first-order valence-electron chi connectivity index (χ1n) is 2.65. The van der Waals surface area contributed by atoms with Gasteiger partial charge in [0.1, 0.15) is 0 Å². The van der Waals surface area contributed by atoms with E-state index in [4.69, 9.17) is 5.73 Å². The number of nitrogens with one attached hydrogen (secondary N) is 1. The van der Waals surface area contributed by atoms with Crippen LogP contribution in [0.1, 0.15) is 6.92 Å². The quantitative estimate of drug-likeness (QED) is 0.421. The van der Waals surface area contributed by atoms with Gasteiger partial charge in [-0.25, -0.2) is 0 Å². The van der Waals surface area contributed by atoms with Crippen LogP contribution in [0.5, 0.6) is 0 Å². The Labute approximate surface area is 59.6 Å². The third-order valence-corrected chi connectivity index (χ3v) is 1.40. The van der Waals surface area contributed by atoms with E-state index in [0.29, 0.717) is 17.9 Å². The second-order valence-electron chi connectivity index (χ2n) is 1.83. The molecule has 1 atom stereocenters. The summed E-state index contributed by atoms with van der Waals surface area (Å²) in [7, 11) is 0. The largest absolute Gasteiger partial charge is 0.393 e. The molecule has 52 valence electrons. The van der Waals surface area contributed by atoms with Crippen LogP contribution in [0, 0.1) is 5.92 Å². The predicted octanol–water partition coefficient (Wildman–Crippen LogP) is -0.345. The molecule has 9 heavy (non-hydrogen) atoms. The number of hydrogen-bond acceptors (Lipinski definition) is 2. The SMILES string of the molecule is CC(CNC=O)C(N)=S. The van der Waals surface area contributed by atoms with E-state index in [0.717, 1.165) is 0 Å². The average molecular weight is 146 g/mol. The predicted molar refractivity (Wildman–Crippen MR) is 40.0 cm³/mol. The number of nitrogens with two attached hydrogens (primary N) is 1. The first-order valence-corrected chi connectivity index (χ1v) is 3.05. The van der Waals surface area contributed by atoms with Crippen molar-refractivity contribution in [2.75, 3.05) is 6.54 Å². The Hall–Kier alpha value is -0.640. The summed E-state index contributed by atoms with van der Waals surface area (Å²) >= 11 is 4.65. The lowest BCUT2D eigenvalue weighted by atomic mass is 10.2. The van der Waals surface area contributed by atoms with Crippen molar-refractivity contribution in [2.45, 2.75) is 6.92 Å². The maximum Gasteiger partial charge on any atom is 0.207 e. The average Bonchev–Trinajstić information content (AvgIpc) is 1.82. The number of thiocarbonyl (C=S) groups is 1. The molecule has 1 amide bonds. The van der Waals surface area contributed by atoms with Crippen LogP contribution >= 0.6 is 12.2 Å². The van der Waals surface area contributed by atoms with Crippen molar-refractivity contribution in [3.63, 3.8) is 0 Å². The van der Waals surface area contributed by atoms with Crippen LogP contribution in [-0.4, -0.2) is 17.9 Å². The van der Waals surface area contributed by atoms with E-state index < -0.39 is 0 Å². The molecule has 0 spiro atoms. The fourth-order valence-corrected chi connectivity index (χ4v) is 0.409. The third-order valence-electron chi connectivity index (χ3n) is 0.993. The van der Waals surface area contributed by atoms with Gasteiger partial charge in [0.2, 0.25) is 6.41 Å². The van der Waals surface area contributed by atoms with Gasteiger partial charge in [0, 0.05) is 12.5 Å². The molecule has 3 N–H and O–H groups in total. The van der Waals surface area contributed by atoms with Crippen molar-refractivity contribution >= 4 is 23.6 Å². The molecule has 4 heteroatoms. The summed E-state index contributed by atoms with van der Waals surface area (Å²) in [5.74, 6) is 0.0881. The van der Waals surface area contributed by atoms with Crippen LogP contribution < -0.4 is 11.1 Å². The molecule has 0 aliphatic carbocycles. The Morgan fingerprint density at radius 2 is 2.56 bits per heavy atom. The van der Waals surface area contributed by atoms with E-state index in [1.807, 2.05) is 6.92 Å². The Balaban J connectivity index is 3.37. The molecule has 0 heterocycles. The summed E-state index contributed by atoms with van der Waals surface area (Å²) in [6.07, 6.45) is 0.634.